The third kappa shape index (κ3) is 5.08. The minimum atomic E-state index is -0.258. The molecule has 3 aromatic rings. The van der Waals surface area contributed by atoms with Gasteiger partial charge in [-0.15, -0.1) is 10.2 Å². The number of hydrogen-bond acceptors (Lipinski definition) is 6. The number of benzene rings is 2. The molecule has 2 N–H and O–H groups in total. The molecule has 2 aromatic carbocycles. The van der Waals surface area contributed by atoms with Crippen molar-refractivity contribution < 1.29 is 9.90 Å². The van der Waals surface area contributed by atoms with Crippen LogP contribution in [0, 0.1) is 0 Å². The Labute approximate surface area is 165 Å². The van der Waals surface area contributed by atoms with Gasteiger partial charge in [0.15, 0.2) is 11.0 Å². The Morgan fingerprint density at radius 2 is 1.93 bits per heavy atom. The van der Waals surface area contributed by atoms with Gasteiger partial charge in [0, 0.05) is 17.6 Å². The molecule has 0 aliphatic carbocycles. The van der Waals surface area contributed by atoms with E-state index in [0.717, 1.165) is 11.1 Å². The van der Waals surface area contributed by atoms with Crippen molar-refractivity contribution in [3.05, 3.63) is 59.1 Å². The third-order valence-electron chi connectivity index (χ3n) is 3.57. The number of aromatic nitrogens is 3. The first-order valence-corrected chi connectivity index (χ1v) is 9.28. The minimum Gasteiger partial charge on any atom is -0.508 e. The molecule has 0 fully saturated rings. The van der Waals surface area contributed by atoms with Crippen molar-refractivity contribution >= 4 is 35.5 Å². The van der Waals surface area contributed by atoms with Gasteiger partial charge >= 0.3 is 0 Å². The second-order valence-corrected chi connectivity index (χ2v) is 6.92. The van der Waals surface area contributed by atoms with E-state index in [2.05, 4.69) is 20.7 Å². The highest BCUT2D eigenvalue weighted by Crippen LogP contribution is 2.23. The minimum absolute atomic E-state index is 0.152. The van der Waals surface area contributed by atoms with Gasteiger partial charge in [-0.25, -0.2) is 5.43 Å². The van der Waals surface area contributed by atoms with Gasteiger partial charge in [-0.1, -0.05) is 23.4 Å². The van der Waals surface area contributed by atoms with Crippen LogP contribution in [0.3, 0.4) is 0 Å². The van der Waals surface area contributed by atoms with Crippen LogP contribution in [0.15, 0.2) is 58.8 Å². The lowest BCUT2D eigenvalue weighted by Gasteiger charge is -2.04. The van der Waals surface area contributed by atoms with Crippen LogP contribution < -0.4 is 5.43 Å². The third-order valence-corrected chi connectivity index (χ3v) is 4.84. The maximum Gasteiger partial charge on any atom is 0.250 e. The summed E-state index contributed by atoms with van der Waals surface area (Å²) in [6.45, 7) is 0. The number of hydrazone groups is 1. The van der Waals surface area contributed by atoms with E-state index >= 15 is 0 Å². The predicted octanol–water partition coefficient (Wildman–Crippen LogP) is 3.08. The molecule has 1 amide bonds. The standard InChI is InChI=1S/C18H16ClN5O2S/c1-24-17(13-4-6-14(19)7-5-13)22-23-18(24)27-11-16(26)21-20-10-12-2-8-15(25)9-3-12/h2-10,25H,11H2,1H3,(H,21,26)/b20-10-. The first kappa shape index (κ1) is 18.9. The number of halogens is 1. The van der Waals surface area contributed by atoms with Crippen LogP contribution in [0.5, 0.6) is 5.75 Å². The van der Waals surface area contributed by atoms with E-state index in [-0.39, 0.29) is 17.4 Å². The van der Waals surface area contributed by atoms with Crippen LogP contribution in [-0.4, -0.2) is 37.7 Å². The summed E-state index contributed by atoms with van der Waals surface area (Å²) in [5.74, 6) is 0.764. The van der Waals surface area contributed by atoms with Gasteiger partial charge in [-0.2, -0.15) is 5.10 Å². The first-order chi connectivity index (χ1) is 13.0. The fourth-order valence-corrected chi connectivity index (χ4v) is 3.02. The number of rotatable bonds is 6. The molecule has 138 valence electrons. The molecule has 0 saturated heterocycles. The molecule has 1 heterocycles. The van der Waals surface area contributed by atoms with Crippen molar-refractivity contribution in [2.45, 2.75) is 5.16 Å². The van der Waals surface area contributed by atoms with Crippen LogP contribution in [0.1, 0.15) is 5.56 Å². The largest absolute Gasteiger partial charge is 0.508 e. The molecule has 0 unspecified atom stereocenters. The van der Waals surface area contributed by atoms with Gasteiger partial charge in [0.05, 0.1) is 12.0 Å². The highest BCUT2D eigenvalue weighted by Gasteiger charge is 2.12. The molecule has 0 radical (unpaired) electrons. The van der Waals surface area contributed by atoms with Gasteiger partial charge in [0.1, 0.15) is 5.75 Å². The first-order valence-electron chi connectivity index (χ1n) is 7.92. The quantitative estimate of drug-likeness (QED) is 0.376. The summed E-state index contributed by atoms with van der Waals surface area (Å²) in [5.41, 5.74) is 4.11. The molecule has 7 nitrogen and oxygen atoms in total. The summed E-state index contributed by atoms with van der Waals surface area (Å²) >= 11 is 7.17. The predicted molar refractivity (Wildman–Crippen MR) is 106 cm³/mol. The molecule has 27 heavy (non-hydrogen) atoms. The Morgan fingerprint density at radius 1 is 1.22 bits per heavy atom. The van der Waals surface area contributed by atoms with Crippen LogP contribution in [0.4, 0.5) is 0 Å². The van der Waals surface area contributed by atoms with Crippen LogP contribution in [0.2, 0.25) is 5.02 Å². The maximum atomic E-state index is 11.9. The summed E-state index contributed by atoms with van der Waals surface area (Å²) in [7, 11) is 1.84. The fraction of sp³-hybridized carbons (Fsp3) is 0.111. The zero-order valence-corrected chi connectivity index (χ0v) is 15.9. The summed E-state index contributed by atoms with van der Waals surface area (Å²) in [6, 6.07) is 13.8. The number of phenols is 1. The summed E-state index contributed by atoms with van der Waals surface area (Å²) in [5, 5.41) is 22.7. The second kappa shape index (κ2) is 8.70. The van der Waals surface area contributed by atoms with E-state index in [0.29, 0.717) is 16.0 Å². The summed E-state index contributed by atoms with van der Waals surface area (Å²) in [6.07, 6.45) is 1.50. The molecule has 1 aromatic heterocycles. The number of aromatic hydroxyl groups is 1. The van der Waals surface area contributed by atoms with E-state index < -0.39 is 0 Å². The molecule has 0 aliphatic heterocycles. The Kier molecular flexibility index (Phi) is 6.10. The molecular formula is C18H16ClN5O2S. The van der Waals surface area contributed by atoms with Crippen molar-refractivity contribution in [1.82, 2.24) is 20.2 Å². The number of carbonyl (C=O) groups is 1. The molecule has 0 bridgehead atoms. The van der Waals surface area contributed by atoms with Gasteiger partial charge in [-0.05, 0) is 54.1 Å². The fourth-order valence-electron chi connectivity index (χ4n) is 2.19. The van der Waals surface area contributed by atoms with Crippen LogP contribution in [0.25, 0.3) is 11.4 Å². The normalized spacial score (nSPS) is 11.0. The highest BCUT2D eigenvalue weighted by atomic mass is 35.5. The number of nitrogens with zero attached hydrogens (tertiary/aromatic N) is 4. The van der Waals surface area contributed by atoms with E-state index in [9.17, 15) is 9.90 Å². The second-order valence-electron chi connectivity index (χ2n) is 5.55. The van der Waals surface area contributed by atoms with E-state index in [4.69, 9.17) is 11.6 Å². The van der Waals surface area contributed by atoms with Gasteiger partial charge < -0.3 is 9.67 Å². The SMILES string of the molecule is Cn1c(SCC(=O)N/N=C\c2ccc(O)cc2)nnc1-c1ccc(Cl)cc1. The molecule has 0 aliphatic rings. The molecule has 0 atom stereocenters. The Hall–Kier alpha value is -2.84. The smallest absolute Gasteiger partial charge is 0.250 e. The number of carbonyl (C=O) groups excluding carboxylic acids is 1. The average Bonchev–Trinajstić information content (AvgIpc) is 3.03. The number of hydrogen-bond donors (Lipinski definition) is 2. The molecule has 0 saturated carbocycles. The van der Waals surface area contributed by atoms with Crippen molar-refractivity contribution in [2.75, 3.05) is 5.75 Å². The van der Waals surface area contributed by atoms with Crippen molar-refractivity contribution in [2.24, 2.45) is 12.1 Å². The van der Waals surface area contributed by atoms with E-state index in [1.165, 1.54) is 18.0 Å². The van der Waals surface area contributed by atoms with Gasteiger partial charge in [-0.3, -0.25) is 4.79 Å². The number of phenolic OH excluding ortho intramolecular Hbond substituents is 1. The van der Waals surface area contributed by atoms with Crippen LogP contribution in [-0.2, 0) is 11.8 Å². The monoisotopic (exact) mass is 401 g/mol. The van der Waals surface area contributed by atoms with E-state index in [1.807, 2.05) is 23.7 Å². The molecular weight excluding hydrogens is 386 g/mol. The number of nitrogens with one attached hydrogen (secondary N) is 1. The lowest BCUT2D eigenvalue weighted by Crippen LogP contribution is -2.19. The Morgan fingerprint density at radius 3 is 2.63 bits per heavy atom. The number of amides is 1. The highest BCUT2D eigenvalue weighted by molar-refractivity contribution is 7.99. The number of thioether (sulfide) groups is 1. The lowest BCUT2D eigenvalue weighted by molar-refractivity contribution is -0.118. The Balaban J connectivity index is 1.54. The topological polar surface area (TPSA) is 92.4 Å². The molecule has 0 spiro atoms. The van der Waals surface area contributed by atoms with Crippen molar-refractivity contribution in [3.63, 3.8) is 0 Å². The van der Waals surface area contributed by atoms with E-state index in [1.54, 1.807) is 36.4 Å². The van der Waals surface area contributed by atoms with Gasteiger partial charge in [0.25, 0.3) is 5.91 Å². The zero-order chi connectivity index (χ0) is 19.2. The van der Waals surface area contributed by atoms with Gasteiger partial charge in [0.2, 0.25) is 0 Å². The lowest BCUT2D eigenvalue weighted by atomic mass is 10.2. The van der Waals surface area contributed by atoms with Crippen molar-refractivity contribution in [1.29, 1.82) is 0 Å². The maximum absolute atomic E-state index is 11.9. The average molecular weight is 402 g/mol. The molecule has 3 rings (SSSR count). The zero-order valence-electron chi connectivity index (χ0n) is 14.3. The Bertz CT molecular complexity index is 955. The molecule has 9 heteroatoms. The van der Waals surface area contributed by atoms with Crippen LogP contribution >= 0.6 is 23.4 Å². The summed E-state index contributed by atoms with van der Waals surface area (Å²) in [4.78, 5) is 11.9. The van der Waals surface area contributed by atoms with Crippen molar-refractivity contribution in [3.8, 4) is 17.1 Å². The summed E-state index contributed by atoms with van der Waals surface area (Å²) < 4.78 is 1.82.